The van der Waals surface area contributed by atoms with E-state index in [9.17, 15) is 4.79 Å². The largest absolute Gasteiger partial charge is 0.352 e. The van der Waals surface area contributed by atoms with E-state index >= 15 is 0 Å². The maximum atomic E-state index is 11.4. The highest BCUT2D eigenvalue weighted by atomic mass is 32.2. The Balaban J connectivity index is 2.08. The molecular weight excluding hydrogens is 230 g/mol. The Morgan fingerprint density at radius 3 is 2.71 bits per heavy atom. The third-order valence-electron chi connectivity index (χ3n) is 2.15. The monoisotopic (exact) mass is 249 g/mol. The van der Waals surface area contributed by atoms with Crippen LogP contribution in [0.2, 0.25) is 0 Å². The Morgan fingerprint density at radius 1 is 1.35 bits per heavy atom. The molecule has 17 heavy (non-hydrogen) atoms. The number of amides is 1. The number of carbonyl (C=O) groups excluding carboxylic acids is 1. The summed E-state index contributed by atoms with van der Waals surface area (Å²) in [4.78, 5) is 12.7. The second-order valence-corrected chi connectivity index (χ2v) is 5.17. The van der Waals surface area contributed by atoms with E-state index in [-0.39, 0.29) is 5.91 Å². The summed E-state index contributed by atoms with van der Waals surface area (Å²) >= 11 is 1.79. The normalized spacial score (nSPS) is 9.94. The van der Waals surface area contributed by atoms with Crippen molar-refractivity contribution in [2.75, 3.05) is 12.3 Å². The van der Waals surface area contributed by atoms with Gasteiger partial charge in [0.2, 0.25) is 5.91 Å². The molecular formula is C14H19NOS. The first-order valence-corrected chi connectivity index (χ1v) is 6.76. The van der Waals surface area contributed by atoms with Gasteiger partial charge in [-0.05, 0) is 31.2 Å². The third kappa shape index (κ3) is 6.84. The molecule has 0 aromatic heterocycles. The predicted molar refractivity (Wildman–Crippen MR) is 74.2 cm³/mol. The summed E-state index contributed by atoms with van der Waals surface area (Å²) in [5, 5.41) is 2.83. The lowest BCUT2D eigenvalue weighted by Gasteiger charge is -2.04. The molecule has 2 nitrogen and oxygen atoms in total. The van der Waals surface area contributed by atoms with Crippen molar-refractivity contribution >= 4 is 17.7 Å². The number of hydrogen-bond acceptors (Lipinski definition) is 2. The van der Waals surface area contributed by atoms with E-state index in [0.29, 0.717) is 13.0 Å². The van der Waals surface area contributed by atoms with Gasteiger partial charge in [0.1, 0.15) is 0 Å². The van der Waals surface area contributed by atoms with Crippen molar-refractivity contribution in [1.82, 2.24) is 5.32 Å². The minimum atomic E-state index is 0.113. The minimum absolute atomic E-state index is 0.113. The molecule has 0 fully saturated rings. The molecule has 1 N–H and O–H groups in total. The third-order valence-corrected chi connectivity index (χ3v) is 3.25. The number of benzene rings is 1. The van der Waals surface area contributed by atoms with Gasteiger partial charge in [-0.2, -0.15) is 0 Å². The molecule has 0 saturated carbocycles. The quantitative estimate of drug-likeness (QED) is 0.456. The molecule has 3 heteroatoms. The van der Waals surface area contributed by atoms with Crippen LogP contribution < -0.4 is 5.32 Å². The van der Waals surface area contributed by atoms with Gasteiger partial charge < -0.3 is 5.32 Å². The summed E-state index contributed by atoms with van der Waals surface area (Å²) < 4.78 is 0. The topological polar surface area (TPSA) is 29.1 Å². The van der Waals surface area contributed by atoms with Gasteiger partial charge >= 0.3 is 0 Å². The van der Waals surface area contributed by atoms with E-state index in [1.54, 1.807) is 11.8 Å². The fourth-order valence-corrected chi connectivity index (χ4v) is 2.15. The smallest absolute Gasteiger partial charge is 0.220 e. The van der Waals surface area contributed by atoms with Crippen molar-refractivity contribution in [3.05, 3.63) is 42.5 Å². The van der Waals surface area contributed by atoms with Crippen LogP contribution in [0.5, 0.6) is 0 Å². The first kappa shape index (κ1) is 13.8. The second kappa shape index (κ2) is 7.96. The zero-order valence-corrected chi connectivity index (χ0v) is 11.1. The molecule has 92 valence electrons. The highest BCUT2D eigenvalue weighted by Crippen LogP contribution is 2.18. The highest BCUT2D eigenvalue weighted by Gasteiger charge is 2.00. The number of thioether (sulfide) groups is 1. The van der Waals surface area contributed by atoms with Gasteiger partial charge in [-0.15, -0.1) is 11.8 Å². The lowest BCUT2D eigenvalue weighted by atomic mass is 10.3. The van der Waals surface area contributed by atoms with Crippen LogP contribution in [-0.2, 0) is 4.79 Å². The van der Waals surface area contributed by atoms with E-state index in [0.717, 1.165) is 17.7 Å². The Labute approximate surface area is 107 Å². The number of carbonyl (C=O) groups is 1. The fraction of sp³-hybridized carbons (Fsp3) is 0.357. The van der Waals surface area contributed by atoms with Crippen molar-refractivity contribution in [2.24, 2.45) is 0 Å². The Hall–Kier alpha value is -1.22. The average Bonchev–Trinajstić information content (AvgIpc) is 2.33. The number of hydrogen-bond donors (Lipinski definition) is 1. The molecule has 1 rings (SSSR count). The van der Waals surface area contributed by atoms with Crippen LogP contribution in [0.4, 0.5) is 0 Å². The van der Waals surface area contributed by atoms with Crippen molar-refractivity contribution < 1.29 is 4.79 Å². The van der Waals surface area contributed by atoms with Crippen LogP contribution in [0.3, 0.4) is 0 Å². The Bertz CT molecular complexity index is 362. The minimum Gasteiger partial charge on any atom is -0.352 e. The average molecular weight is 249 g/mol. The molecule has 0 heterocycles. The van der Waals surface area contributed by atoms with Gasteiger partial charge in [-0.1, -0.05) is 30.4 Å². The molecule has 0 radical (unpaired) electrons. The second-order valence-electron chi connectivity index (χ2n) is 4.00. The van der Waals surface area contributed by atoms with Crippen molar-refractivity contribution in [3.63, 3.8) is 0 Å². The van der Waals surface area contributed by atoms with E-state index in [4.69, 9.17) is 0 Å². The van der Waals surface area contributed by atoms with Crippen molar-refractivity contribution in [2.45, 2.75) is 24.7 Å². The Kier molecular flexibility index (Phi) is 6.48. The molecule has 0 unspecified atom stereocenters. The maximum Gasteiger partial charge on any atom is 0.220 e. The van der Waals surface area contributed by atoms with Gasteiger partial charge in [0.15, 0.2) is 0 Å². The van der Waals surface area contributed by atoms with E-state index in [1.165, 1.54) is 4.90 Å². The molecule has 0 bridgehead atoms. The van der Waals surface area contributed by atoms with Crippen LogP contribution in [0.25, 0.3) is 0 Å². The van der Waals surface area contributed by atoms with Crippen LogP contribution in [0.1, 0.15) is 19.8 Å². The molecule has 1 amide bonds. The Morgan fingerprint density at radius 2 is 2.06 bits per heavy atom. The van der Waals surface area contributed by atoms with Gasteiger partial charge in [0.05, 0.1) is 0 Å². The van der Waals surface area contributed by atoms with E-state index in [1.807, 2.05) is 25.1 Å². The number of nitrogens with one attached hydrogen (secondary N) is 1. The summed E-state index contributed by atoms with van der Waals surface area (Å²) in [6, 6.07) is 10.2. The molecule has 0 aliphatic carbocycles. The molecule has 0 saturated heterocycles. The molecule has 0 atom stereocenters. The molecule has 0 aliphatic heterocycles. The molecule has 1 aromatic carbocycles. The maximum absolute atomic E-state index is 11.4. The number of rotatable bonds is 7. The lowest BCUT2D eigenvalue weighted by molar-refractivity contribution is -0.120. The van der Waals surface area contributed by atoms with Crippen LogP contribution in [0.15, 0.2) is 47.4 Å². The van der Waals surface area contributed by atoms with Crippen LogP contribution in [0, 0.1) is 0 Å². The lowest BCUT2D eigenvalue weighted by Crippen LogP contribution is -2.24. The standard InChI is InChI=1S/C14H19NOS/c1-12(2)11-15-14(16)9-6-10-17-13-7-4-3-5-8-13/h3-5,7-8H,1,6,9-11H2,2H3,(H,15,16). The van der Waals surface area contributed by atoms with Gasteiger partial charge in [0.25, 0.3) is 0 Å². The molecule has 0 spiro atoms. The van der Waals surface area contributed by atoms with E-state index < -0.39 is 0 Å². The van der Waals surface area contributed by atoms with Crippen LogP contribution in [-0.4, -0.2) is 18.2 Å². The van der Waals surface area contributed by atoms with E-state index in [2.05, 4.69) is 24.0 Å². The molecule has 0 aliphatic rings. The zero-order valence-electron chi connectivity index (χ0n) is 10.2. The fourth-order valence-electron chi connectivity index (χ4n) is 1.28. The van der Waals surface area contributed by atoms with Gasteiger partial charge in [-0.3, -0.25) is 4.79 Å². The highest BCUT2D eigenvalue weighted by molar-refractivity contribution is 7.99. The predicted octanol–water partition coefficient (Wildman–Crippen LogP) is 3.25. The summed E-state index contributed by atoms with van der Waals surface area (Å²) in [5.41, 5.74) is 0.983. The van der Waals surface area contributed by atoms with Gasteiger partial charge in [0, 0.05) is 17.9 Å². The van der Waals surface area contributed by atoms with Crippen molar-refractivity contribution in [1.29, 1.82) is 0 Å². The van der Waals surface area contributed by atoms with Crippen LogP contribution >= 0.6 is 11.8 Å². The summed E-state index contributed by atoms with van der Waals surface area (Å²) in [5.74, 6) is 1.09. The first-order valence-electron chi connectivity index (χ1n) is 5.77. The summed E-state index contributed by atoms with van der Waals surface area (Å²) in [6.07, 6.45) is 1.49. The van der Waals surface area contributed by atoms with Gasteiger partial charge in [-0.25, -0.2) is 0 Å². The molecule has 1 aromatic rings. The first-order chi connectivity index (χ1) is 8.18. The van der Waals surface area contributed by atoms with Crippen molar-refractivity contribution in [3.8, 4) is 0 Å². The SMILES string of the molecule is C=C(C)CNC(=O)CCCSc1ccccc1. The zero-order chi connectivity index (χ0) is 12.5. The summed E-state index contributed by atoms with van der Waals surface area (Å²) in [7, 11) is 0. The summed E-state index contributed by atoms with van der Waals surface area (Å²) in [6.45, 7) is 6.24.